The van der Waals surface area contributed by atoms with Gasteiger partial charge in [-0.1, -0.05) is 91.0 Å². The third-order valence-electron chi connectivity index (χ3n) is 9.47. The molecule has 222 valence electrons. The van der Waals surface area contributed by atoms with Crippen LogP contribution in [0.2, 0.25) is 0 Å². The van der Waals surface area contributed by atoms with Crippen LogP contribution in [-0.4, -0.2) is 27.7 Å². The lowest BCUT2D eigenvalue weighted by atomic mass is 10.1. The number of anilines is 2. The van der Waals surface area contributed by atoms with Crippen LogP contribution in [0.4, 0.5) is 11.4 Å². The summed E-state index contributed by atoms with van der Waals surface area (Å²) in [7, 11) is 0. The third kappa shape index (κ3) is 4.91. The second-order valence-corrected chi connectivity index (χ2v) is 12.1. The molecule has 0 spiro atoms. The first-order valence-electron chi connectivity index (χ1n) is 15.8. The van der Waals surface area contributed by atoms with Gasteiger partial charge in [-0.3, -0.25) is 0 Å². The second kappa shape index (κ2) is 11.3. The van der Waals surface area contributed by atoms with Gasteiger partial charge in [0.1, 0.15) is 0 Å². The fraction of sp³-hybridized carbons (Fsp3) is 0.150. The zero-order valence-corrected chi connectivity index (χ0v) is 25.7. The Bertz CT molecular complexity index is 2030. The summed E-state index contributed by atoms with van der Waals surface area (Å²) < 4.78 is 2.42. The van der Waals surface area contributed by atoms with Crippen molar-refractivity contribution >= 4 is 33.2 Å². The number of benzene rings is 5. The Balaban J connectivity index is 1.11. The summed E-state index contributed by atoms with van der Waals surface area (Å²) in [6.07, 6.45) is 8.83. The van der Waals surface area contributed by atoms with Crippen LogP contribution >= 0.6 is 0 Å². The maximum absolute atomic E-state index is 2.42. The van der Waals surface area contributed by atoms with Crippen LogP contribution in [0, 0.1) is 0 Å². The van der Waals surface area contributed by atoms with E-state index >= 15 is 0 Å². The van der Waals surface area contributed by atoms with Crippen LogP contribution in [0.3, 0.4) is 0 Å². The number of rotatable bonds is 7. The van der Waals surface area contributed by atoms with Crippen molar-refractivity contribution in [1.82, 2.24) is 14.4 Å². The molecule has 5 nitrogen and oxygen atoms in total. The van der Waals surface area contributed by atoms with Crippen molar-refractivity contribution in [3.63, 3.8) is 0 Å². The lowest BCUT2D eigenvalue weighted by molar-refractivity contribution is 0.322. The van der Waals surface area contributed by atoms with Crippen LogP contribution in [0.5, 0.6) is 0 Å². The summed E-state index contributed by atoms with van der Waals surface area (Å²) in [5.41, 5.74) is 8.61. The highest BCUT2D eigenvalue weighted by Crippen LogP contribution is 2.37. The van der Waals surface area contributed by atoms with E-state index in [9.17, 15) is 0 Å². The molecule has 2 atom stereocenters. The Kier molecular flexibility index (Phi) is 6.79. The number of fused-ring (bicyclic) bond motifs is 3. The van der Waals surface area contributed by atoms with Crippen LogP contribution in [0.15, 0.2) is 152 Å². The average Bonchev–Trinajstić information content (AvgIpc) is 3.87. The van der Waals surface area contributed by atoms with Crippen molar-refractivity contribution in [3.8, 4) is 5.69 Å². The van der Waals surface area contributed by atoms with Crippen LogP contribution in [-0.2, 0) is 0 Å². The molecule has 2 aliphatic heterocycles. The van der Waals surface area contributed by atoms with Gasteiger partial charge in [0, 0.05) is 52.6 Å². The standard InChI is InChI=1S/C40H37N5/c1-30(32-12-5-3-6-13-32)41-22-24-43(28-41)34-16-11-17-36(26-34)45-39-19-10-9-18-37(39)38-21-20-35(27-40(38)45)44-25-23-42(29-44)31(2)33-14-7-4-8-15-33/h3-27,30-31H,28-29H2,1-2H3. The molecule has 6 aromatic rings. The lowest BCUT2D eigenvalue weighted by Gasteiger charge is -2.27. The predicted octanol–water partition coefficient (Wildman–Crippen LogP) is 9.41. The van der Waals surface area contributed by atoms with E-state index in [2.05, 4.69) is 190 Å². The molecule has 0 fully saturated rings. The highest BCUT2D eigenvalue weighted by Gasteiger charge is 2.23. The van der Waals surface area contributed by atoms with E-state index in [-0.39, 0.29) is 0 Å². The molecule has 1 aromatic heterocycles. The van der Waals surface area contributed by atoms with E-state index in [1.807, 2.05) is 0 Å². The number of aromatic nitrogens is 1. The molecule has 0 N–H and O–H groups in total. The molecule has 0 aliphatic carbocycles. The number of hydrogen-bond donors (Lipinski definition) is 0. The fourth-order valence-corrected chi connectivity index (χ4v) is 6.78. The Morgan fingerprint density at radius 3 is 1.62 bits per heavy atom. The molecule has 2 aliphatic rings. The number of para-hydroxylation sites is 1. The molecule has 0 radical (unpaired) electrons. The molecule has 8 rings (SSSR count). The van der Waals surface area contributed by atoms with Gasteiger partial charge < -0.3 is 24.2 Å². The topological polar surface area (TPSA) is 17.9 Å². The van der Waals surface area contributed by atoms with Crippen molar-refractivity contribution in [1.29, 1.82) is 0 Å². The van der Waals surface area contributed by atoms with Gasteiger partial charge in [-0.25, -0.2) is 0 Å². The van der Waals surface area contributed by atoms with Gasteiger partial charge in [0.05, 0.1) is 36.5 Å². The van der Waals surface area contributed by atoms with Crippen molar-refractivity contribution in [3.05, 3.63) is 163 Å². The van der Waals surface area contributed by atoms with E-state index in [0.717, 1.165) is 19.0 Å². The van der Waals surface area contributed by atoms with Gasteiger partial charge in [0.25, 0.3) is 0 Å². The third-order valence-corrected chi connectivity index (χ3v) is 9.47. The van der Waals surface area contributed by atoms with E-state index in [0.29, 0.717) is 12.1 Å². The zero-order chi connectivity index (χ0) is 30.3. The molecule has 3 heterocycles. The first-order valence-corrected chi connectivity index (χ1v) is 15.8. The van der Waals surface area contributed by atoms with Gasteiger partial charge in [-0.15, -0.1) is 0 Å². The molecule has 0 bridgehead atoms. The van der Waals surface area contributed by atoms with Crippen molar-refractivity contribution in [2.24, 2.45) is 0 Å². The van der Waals surface area contributed by atoms with Gasteiger partial charge in [0.2, 0.25) is 0 Å². The molecule has 5 aromatic carbocycles. The summed E-state index contributed by atoms with van der Waals surface area (Å²) in [5.74, 6) is 0. The lowest BCUT2D eigenvalue weighted by Crippen LogP contribution is -2.27. The van der Waals surface area contributed by atoms with Gasteiger partial charge in [-0.2, -0.15) is 0 Å². The van der Waals surface area contributed by atoms with E-state index in [4.69, 9.17) is 0 Å². The fourth-order valence-electron chi connectivity index (χ4n) is 6.78. The SMILES string of the molecule is CC(c1ccccc1)N1C=CN(c2cccc(-n3c4ccccc4c4ccc(N5C=CN(C(C)c6ccccc6)C5)cc43)c2)C1. The first-order chi connectivity index (χ1) is 22.1. The molecule has 0 saturated carbocycles. The van der Waals surface area contributed by atoms with E-state index < -0.39 is 0 Å². The summed E-state index contributed by atoms with van der Waals surface area (Å²) in [4.78, 5) is 9.46. The summed E-state index contributed by atoms with van der Waals surface area (Å²) in [6, 6.07) is 46.6. The molecule has 2 unspecified atom stereocenters. The van der Waals surface area contributed by atoms with Crippen molar-refractivity contribution in [2.45, 2.75) is 25.9 Å². The highest BCUT2D eigenvalue weighted by molar-refractivity contribution is 6.10. The number of nitrogens with zero attached hydrogens (tertiary/aromatic N) is 5. The zero-order valence-electron chi connectivity index (χ0n) is 25.7. The van der Waals surface area contributed by atoms with Gasteiger partial charge >= 0.3 is 0 Å². The van der Waals surface area contributed by atoms with Crippen LogP contribution < -0.4 is 9.80 Å². The monoisotopic (exact) mass is 587 g/mol. The Morgan fingerprint density at radius 1 is 0.444 bits per heavy atom. The molecule has 45 heavy (non-hydrogen) atoms. The van der Waals surface area contributed by atoms with E-state index in [1.54, 1.807) is 0 Å². The van der Waals surface area contributed by atoms with E-state index in [1.165, 1.54) is 44.3 Å². The maximum atomic E-state index is 2.42. The second-order valence-electron chi connectivity index (χ2n) is 12.1. The highest BCUT2D eigenvalue weighted by atomic mass is 15.4. The van der Waals surface area contributed by atoms with Gasteiger partial charge in [0.15, 0.2) is 0 Å². The number of hydrogen-bond acceptors (Lipinski definition) is 4. The Labute approximate surface area is 265 Å². The smallest absolute Gasteiger partial charge is 0.0947 e. The minimum absolute atomic E-state index is 0.302. The van der Waals surface area contributed by atoms with Crippen LogP contribution in [0.25, 0.3) is 27.5 Å². The summed E-state index contributed by atoms with van der Waals surface area (Å²) in [5, 5.41) is 2.53. The Hall–Kier alpha value is -5.42. The molecule has 0 saturated heterocycles. The predicted molar refractivity (Wildman–Crippen MR) is 187 cm³/mol. The van der Waals surface area contributed by atoms with Crippen LogP contribution in [0.1, 0.15) is 37.1 Å². The minimum atomic E-state index is 0.302. The molecular formula is C40H37N5. The first kappa shape index (κ1) is 27.2. The normalized spacial score (nSPS) is 16.0. The summed E-state index contributed by atoms with van der Waals surface area (Å²) in [6.45, 7) is 6.17. The van der Waals surface area contributed by atoms with Gasteiger partial charge in [-0.05, 0) is 61.4 Å². The minimum Gasteiger partial charge on any atom is -0.352 e. The molecule has 0 amide bonds. The summed E-state index contributed by atoms with van der Waals surface area (Å²) >= 11 is 0. The maximum Gasteiger partial charge on any atom is 0.0947 e. The van der Waals surface area contributed by atoms with Crippen molar-refractivity contribution < 1.29 is 0 Å². The molecule has 5 heteroatoms. The van der Waals surface area contributed by atoms with Crippen molar-refractivity contribution in [2.75, 3.05) is 23.1 Å². The molecular weight excluding hydrogens is 550 g/mol. The largest absolute Gasteiger partial charge is 0.352 e. The quantitative estimate of drug-likeness (QED) is 0.185. The Morgan fingerprint density at radius 2 is 0.978 bits per heavy atom. The average molecular weight is 588 g/mol.